The second kappa shape index (κ2) is 5.20. The third kappa shape index (κ3) is 2.42. The molecule has 0 radical (unpaired) electrons. The Balaban J connectivity index is 2.40. The second-order valence-corrected chi connectivity index (χ2v) is 4.53. The number of hydrogen-bond acceptors (Lipinski definition) is 4. The van der Waals surface area contributed by atoms with E-state index in [0.717, 1.165) is 0 Å². The van der Waals surface area contributed by atoms with Gasteiger partial charge < -0.3 is 20.4 Å². The Morgan fingerprint density at radius 1 is 1.35 bits per heavy atom. The van der Waals surface area contributed by atoms with Gasteiger partial charge in [-0.3, -0.25) is 9.59 Å². The van der Waals surface area contributed by atoms with Gasteiger partial charge in [-0.2, -0.15) is 0 Å². The van der Waals surface area contributed by atoms with Crippen molar-refractivity contribution >= 4 is 29.2 Å². The van der Waals surface area contributed by atoms with E-state index in [1.165, 1.54) is 17.0 Å². The van der Waals surface area contributed by atoms with Crippen LogP contribution < -0.4 is 10.2 Å². The molecule has 0 saturated carbocycles. The number of carbonyl (C=O) groups is 3. The molecule has 106 valence electrons. The molecule has 1 fully saturated rings. The van der Waals surface area contributed by atoms with Crippen LogP contribution in [-0.4, -0.2) is 41.7 Å². The van der Waals surface area contributed by atoms with Gasteiger partial charge in [0.2, 0.25) is 5.91 Å². The summed E-state index contributed by atoms with van der Waals surface area (Å²) in [7, 11) is 1.65. The SMILES string of the molecule is CNc1ccc(C(=O)O)cc1N1CC(C(=O)O)CC1=O. The largest absolute Gasteiger partial charge is 0.481 e. The van der Waals surface area contributed by atoms with Gasteiger partial charge in [-0.05, 0) is 18.2 Å². The third-order valence-electron chi connectivity index (χ3n) is 3.28. The van der Waals surface area contributed by atoms with Crippen LogP contribution in [0.25, 0.3) is 0 Å². The molecule has 1 atom stereocenters. The maximum absolute atomic E-state index is 11.9. The minimum Gasteiger partial charge on any atom is -0.481 e. The molecule has 0 aliphatic carbocycles. The summed E-state index contributed by atoms with van der Waals surface area (Å²) < 4.78 is 0. The van der Waals surface area contributed by atoms with Crippen LogP contribution in [-0.2, 0) is 9.59 Å². The normalized spacial score (nSPS) is 18.1. The molecule has 0 bridgehead atoms. The Hall–Kier alpha value is -2.57. The topological polar surface area (TPSA) is 107 Å². The first-order chi connectivity index (χ1) is 9.43. The number of benzene rings is 1. The van der Waals surface area contributed by atoms with Crippen molar-refractivity contribution in [2.75, 3.05) is 23.8 Å². The molecule has 2 rings (SSSR count). The molecular weight excluding hydrogens is 264 g/mol. The highest BCUT2D eigenvalue weighted by Crippen LogP contribution is 2.32. The molecule has 7 nitrogen and oxygen atoms in total. The Bertz CT molecular complexity index is 584. The summed E-state index contributed by atoms with van der Waals surface area (Å²) in [6, 6.07) is 4.35. The van der Waals surface area contributed by atoms with E-state index < -0.39 is 17.9 Å². The molecule has 1 aliphatic rings. The lowest BCUT2D eigenvalue weighted by molar-refractivity contribution is -0.141. The Labute approximate surface area is 114 Å². The first kappa shape index (κ1) is 13.9. The van der Waals surface area contributed by atoms with Gasteiger partial charge >= 0.3 is 11.9 Å². The van der Waals surface area contributed by atoms with Gasteiger partial charge in [0.15, 0.2) is 0 Å². The van der Waals surface area contributed by atoms with Crippen molar-refractivity contribution in [2.24, 2.45) is 5.92 Å². The lowest BCUT2D eigenvalue weighted by atomic mass is 10.1. The first-order valence-electron chi connectivity index (χ1n) is 6.02. The van der Waals surface area contributed by atoms with Gasteiger partial charge in [0.05, 0.1) is 22.9 Å². The van der Waals surface area contributed by atoms with Crippen LogP contribution in [0.4, 0.5) is 11.4 Å². The van der Waals surface area contributed by atoms with Gasteiger partial charge in [-0.25, -0.2) is 4.79 Å². The predicted molar refractivity (Wildman–Crippen MR) is 71.0 cm³/mol. The summed E-state index contributed by atoms with van der Waals surface area (Å²) in [5.41, 5.74) is 1.01. The summed E-state index contributed by atoms with van der Waals surface area (Å²) >= 11 is 0. The van der Waals surface area contributed by atoms with Crippen molar-refractivity contribution in [1.29, 1.82) is 0 Å². The van der Waals surface area contributed by atoms with E-state index in [9.17, 15) is 14.4 Å². The number of hydrogen-bond donors (Lipinski definition) is 3. The number of carbonyl (C=O) groups excluding carboxylic acids is 1. The van der Waals surface area contributed by atoms with Crippen molar-refractivity contribution in [3.05, 3.63) is 23.8 Å². The molecule has 1 aromatic carbocycles. The fourth-order valence-corrected chi connectivity index (χ4v) is 2.21. The van der Waals surface area contributed by atoms with E-state index >= 15 is 0 Å². The highest BCUT2D eigenvalue weighted by atomic mass is 16.4. The minimum absolute atomic E-state index is 0.0468. The molecule has 20 heavy (non-hydrogen) atoms. The molecule has 0 aromatic heterocycles. The summed E-state index contributed by atoms with van der Waals surface area (Å²) in [4.78, 5) is 35.2. The van der Waals surface area contributed by atoms with Crippen LogP contribution in [0, 0.1) is 5.92 Å². The van der Waals surface area contributed by atoms with E-state index in [2.05, 4.69) is 5.32 Å². The number of nitrogens with zero attached hydrogens (tertiary/aromatic N) is 1. The molecule has 7 heteroatoms. The van der Waals surface area contributed by atoms with Gasteiger partial charge in [-0.1, -0.05) is 0 Å². The molecule has 1 saturated heterocycles. The molecule has 0 spiro atoms. The number of amides is 1. The van der Waals surface area contributed by atoms with Crippen LogP contribution in [0.15, 0.2) is 18.2 Å². The van der Waals surface area contributed by atoms with E-state index in [-0.39, 0.29) is 24.4 Å². The van der Waals surface area contributed by atoms with Crippen molar-refractivity contribution < 1.29 is 24.6 Å². The quantitative estimate of drug-likeness (QED) is 0.754. The van der Waals surface area contributed by atoms with Gasteiger partial charge in [0, 0.05) is 20.0 Å². The fraction of sp³-hybridized carbons (Fsp3) is 0.308. The molecular formula is C13H14N2O5. The van der Waals surface area contributed by atoms with Gasteiger partial charge in [0.25, 0.3) is 0 Å². The zero-order valence-corrected chi connectivity index (χ0v) is 10.8. The minimum atomic E-state index is -1.10. The Morgan fingerprint density at radius 3 is 2.55 bits per heavy atom. The lowest BCUT2D eigenvalue weighted by Gasteiger charge is -2.20. The summed E-state index contributed by atoms with van der Waals surface area (Å²) in [6.07, 6.45) is -0.0736. The standard InChI is InChI=1S/C13H14N2O5/c1-14-9-3-2-7(12(17)18)4-10(9)15-6-8(13(19)20)5-11(15)16/h2-4,8,14H,5-6H2,1H3,(H,17,18)(H,19,20). The van der Waals surface area contributed by atoms with Crippen LogP contribution in [0.1, 0.15) is 16.8 Å². The number of carboxylic acid groups (broad SMARTS) is 2. The van der Waals surface area contributed by atoms with Gasteiger partial charge in [0.1, 0.15) is 0 Å². The first-order valence-corrected chi connectivity index (χ1v) is 6.02. The highest BCUT2D eigenvalue weighted by Gasteiger charge is 2.36. The average molecular weight is 278 g/mol. The number of aromatic carboxylic acids is 1. The van der Waals surface area contributed by atoms with E-state index in [1.54, 1.807) is 13.1 Å². The fourth-order valence-electron chi connectivity index (χ4n) is 2.21. The number of carboxylic acids is 2. The van der Waals surface area contributed by atoms with Crippen molar-refractivity contribution in [2.45, 2.75) is 6.42 Å². The third-order valence-corrected chi connectivity index (χ3v) is 3.28. The number of aliphatic carboxylic acids is 1. The number of nitrogens with one attached hydrogen (secondary N) is 1. The Kier molecular flexibility index (Phi) is 3.60. The zero-order valence-electron chi connectivity index (χ0n) is 10.8. The molecule has 1 unspecified atom stereocenters. The van der Waals surface area contributed by atoms with Crippen LogP contribution in [0.2, 0.25) is 0 Å². The van der Waals surface area contributed by atoms with Crippen molar-refractivity contribution in [3.63, 3.8) is 0 Å². The molecule has 1 amide bonds. The summed E-state index contributed by atoms with van der Waals surface area (Å²) in [5.74, 6) is -3.21. The number of anilines is 2. The summed E-state index contributed by atoms with van der Waals surface area (Å²) in [5, 5.41) is 20.8. The van der Waals surface area contributed by atoms with E-state index in [4.69, 9.17) is 10.2 Å². The zero-order chi connectivity index (χ0) is 14.9. The monoisotopic (exact) mass is 278 g/mol. The molecule has 1 aliphatic heterocycles. The maximum Gasteiger partial charge on any atom is 0.335 e. The van der Waals surface area contributed by atoms with Gasteiger partial charge in [-0.15, -0.1) is 0 Å². The number of rotatable bonds is 4. The predicted octanol–water partition coefficient (Wildman–Crippen LogP) is 0.864. The molecule has 3 N–H and O–H groups in total. The lowest BCUT2D eigenvalue weighted by Crippen LogP contribution is -2.26. The Morgan fingerprint density at radius 2 is 2.05 bits per heavy atom. The highest BCUT2D eigenvalue weighted by molar-refractivity contribution is 6.03. The maximum atomic E-state index is 11.9. The second-order valence-electron chi connectivity index (χ2n) is 4.53. The van der Waals surface area contributed by atoms with Crippen molar-refractivity contribution in [3.8, 4) is 0 Å². The average Bonchev–Trinajstić information content (AvgIpc) is 2.80. The van der Waals surface area contributed by atoms with E-state index in [0.29, 0.717) is 11.4 Å². The van der Waals surface area contributed by atoms with E-state index in [1.807, 2.05) is 0 Å². The van der Waals surface area contributed by atoms with Crippen LogP contribution >= 0.6 is 0 Å². The van der Waals surface area contributed by atoms with Crippen LogP contribution in [0.3, 0.4) is 0 Å². The van der Waals surface area contributed by atoms with Crippen molar-refractivity contribution in [1.82, 2.24) is 0 Å². The molecule has 1 heterocycles. The molecule has 1 aromatic rings. The smallest absolute Gasteiger partial charge is 0.335 e. The summed E-state index contributed by atoms with van der Waals surface area (Å²) in [6.45, 7) is 0.0475. The van der Waals surface area contributed by atoms with Crippen LogP contribution in [0.5, 0.6) is 0 Å².